The number of aromatic nitrogens is 4. The lowest BCUT2D eigenvalue weighted by Gasteiger charge is -2.20. The van der Waals surface area contributed by atoms with Gasteiger partial charge in [0.2, 0.25) is 0 Å². The second-order valence-electron chi connectivity index (χ2n) is 5.13. The van der Waals surface area contributed by atoms with E-state index in [-0.39, 0.29) is 5.92 Å². The molecule has 2 N–H and O–H groups in total. The Morgan fingerprint density at radius 2 is 2.05 bits per heavy atom. The van der Waals surface area contributed by atoms with Gasteiger partial charge in [-0.3, -0.25) is 4.79 Å². The molecule has 2 unspecified atom stereocenters. The fraction of sp³-hybridized carbons (Fsp3) is 0.467. The number of nitrogens with one attached hydrogen (secondary N) is 1. The number of aliphatic carboxylic acids is 1. The zero-order valence-electron chi connectivity index (χ0n) is 12.1. The molecule has 0 saturated carbocycles. The van der Waals surface area contributed by atoms with Gasteiger partial charge in [-0.05, 0) is 24.8 Å². The number of aromatic amines is 1. The molecule has 0 spiro atoms. The maximum absolute atomic E-state index is 11.6. The molecule has 0 saturated heterocycles. The Labute approximate surface area is 123 Å². The molecule has 0 aliphatic carbocycles. The van der Waals surface area contributed by atoms with Crippen LogP contribution in [0.3, 0.4) is 0 Å². The van der Waals surface area contributed by atoms with Crippen molar-refractivity contribution in [3.05, 3.63) is 41.7 Å². The number of rotatable bonds is 8. The van der Waals surface area contributed by atoms with E-state index in [4.69, 9.17) is 0 Å². The van der Waals surface area contributed by atoms with Gasteiger partial charge in [0.25, 0.3) is 0 Å². The molecule has 112 valence electrons. The van der Waals surface area contributed by atoms with E-state index in [1.54, 1.807) is 0 Å². The van der Waals surface area contributed by atoms with Crippen molar-refractivity contribution in [3.8, 4) is 0 Å². The Morgan fingerprint density at radius 3 is 2.62 bits per heavy atom. The van der Waals surface area contributed by atoms with Crippen molar-refractivity contribution in [2.45, 2.75) is 38.5 Å². The number of carboxylic acids is 1. The van der Waals surface area contributed by atoms with Gasteiger partial charge in [0.05, 0.1) is 5.92 Å². The number of benzene rings is 1. The third-order valence-corrected chi connectivity index (χ3v) is 3.68. The van der Waals surface area contributed by atoms with Gasteiger partial charge in [-0.25, -0.2) is 0 Å². The first-order valence-electron chi connectivity index (χ1n) is 7.22. The van der Waals surface area contributed by atoms with Crippen LogP contribution in [0, 0.1) is 5.92 Å². The molecule has 0 aliphatic rings. The fourth-order valence-electron chi connectivity index (χ4n) is 2.61. The minimum atomic E-state index is -0.792. The van der Waals surface area contributed by atoms with Crippen molar-refractivity contribution in [2.24, 2.45) is 5.92 Å². The highest BCUT2D eigenvalue weighted by Gasteiger charge is 2.31. The Balaban J connectivity index is 2.14. The summed E-state index contributed by atoms with van der Waals surface area (Å²) in [5.41, 5.74) is 1.19. The highest BCUT2D eigenvalue weighted by molar-refractivity contribution is 5.71. The molecule has 1 aromatic carbocycles. The average Bonchev–Trinajstić information content (AvgIpc) is 3.01. The maximum atomic E-state index is 11.6. The second-order valence-corrected chi connectivity index (χ2v) is 5.13. The largest absolute Gasteiger partial charge is 0.481 e. The molecule has 2 atom stereocenters. The van der Waals surface area contributed by atoms with Crippen LogP contribution in [-0.4, -0.2) is 31.7 Å². The summed E-state index contributed by atoms with van der Waals surface area (Å²) < 4.78 is 0. The van der Waals surface area contributed by atoms with Crippen molar-refractivity contribution < 1.29 is 9.90 Å². The molecule has 0 amide bonds. The fourth-order valence-corrected chi connectivity index (χ4v) is 2.61. The van der Waals surface area contributed by atoms with E-state index in [0.717, 1.165) is 12.8 Å². The van der Waals surface area contributed by atoms with Gasteiger partial charge in [0, 0.05) is 5.92 Å². The van der Waals surface area contributed by atoms with Gasteiger partial charge in [-0.2, -0.15) is 5.21 Å². The van der Waals surface area contributed by atoms with E-state index < -0.39 is 11.9 Å². The van der Waals surface area contributed by atoms with Crippen LogP contribution in [0.1, 0.15) is 43.5 Å². The summed E-state index contributed by atoms with van der Waals surface area (Å²) in [6, 6.07) is 10.0. The topological polar surface area (TPSA) is 91.8 Å². The standard InChI is InChI=1S/C15H20N4O2/c1-2-6-13(15(20)21)12(14-16-18-19-17-14)10-9-11-7-4-3-5-8-11/h3-5,7-8,12-13H,2,6,9-10H2,1H3,(H,20,21)(H,16,17,18,19). The number of aryl methyl sites for hydroxylation is 1. The number of tetrazole rings is 1. The van der Waals surface area contributed by atoms with Crippen molar-refractivity contribution >= 4 is 5.97 Å². The van der Waals surface area contributed by atoms with Gasteiger partial charge in [-0.15, -0.1) is 10.2 Å². The summed E-state index contributed by atoms with van der Waals surface area (Å²) in [7, 11) is 0. The monoisotopic (exact) mass is 288 g/mol. The number of hydrogen-bond donors (Lipinski definition) is 2. The maximum Gasteiger partial charge on any atom is 0.307 e. The van der Waals surface area contributed by atoms with Crippen molar-refractivity contribution in [2.75, 3.05) is 0 Å². The molecule has 6 heteroatoms. The Morgan fingerprint density at radius 1 is 1.29 bits per heavy atom. The first-order chi connectivity index (χ1) is 10.2. The zero-order valence-corrected chi connectivity index (χ0v) is 12.1. The van der Waals surface area contributed by atoms with Gasteiger partial charge in [-0.1, -0.05) is 48.9 Å². The lowest BCUT2D eigenvalue weighted by Crippen LogP contribution is -2.23. The van der Waals surface area contributed by atoms with Crippen LogP contribution in [-0.2, 0) is 11.2 Å². The summed E-state index contributed by atoms with van der Waals surface area (Å²) in [6.07, 6.45) is 2.92. The molecule has 0 aliphatic heterocycles. The highest BCUT2D eigenvalue weighted by Crippen LogP contribution is 2.30. The van der Waals surface area contributed by atoms with Crippen LogP contribution in [0.4, 0.5) is 0 Å². The molecule has 0 fully saturated rings. The van der Waals surface area contributed by atoms with Crippen molar-refractivity contribution in [3.63, 3.8) is 0 Å². The summed E-state index contributed by atoms with van der Waals surface area (Å²) in [6.45, 7) is 1.99. The molecule has 1 heterocycles. The molecular formula is C15H20N4O2. The van der Waals surface area contributed by atoms with E-state index in [1.165, 1.54) is 5.56 Å². The molecule has 2 aromatic rings. The highest BCUT2D eigenvalue weighted by atomic mass is 16.4. The third kappa shape index (κ3) is 4.11. The van der Waals surface area contributed by atoms with Crippen molar-refractivity contribution in [1.82, 2.24) is 20.6 Å². The Hall–Kier alpha value is -2.24. The molecule has 1 aromatic heterocycles. The number of H-pyrrole nitrogens is 1. The molecule has 0 bridgehead atoms. The Kier molecular flexibility index (Phi) is 5.43. The van der Waals surface area contributed by atoms with E-state index in [2.05, 4.69) is 20.6 Å². The predicted octanol–water partition coefficient (Wildman–Crippen LogP) is 2.42. The lowest BCUT2D eigenvalue weighted by molar-refractivity contribution is -0.143. The molecule has 6 nitrogen and oxygen atoms in total. The molecule has 0 radical (unpaired) electrons. The van der Waals surface area contributed by atoms with Crippen LogP contribution in [0.25, 0.3) is 0 Å². The zero-order chi connectivity index (χ0) is 15.1. The number of hydrogen-bond acceptors (Lipinski definition) is 4. The number of carbonyl (C=O) groups is 1. The molecule has 2 rings (SSSR count). The van der Waals surface area contributed by atoms with Crippen molar-refractivity contribution in [1.29, 1.82) is 0 Å². The minimum absolute atomic E-state index is 0.221. The first kappa shape index (κ1) is 15.2. The molecular weight excluding hydrogens is 268 g/mol. The summed E-state index contributed by atoms with van der Waals surface area (Å²) in [5.74, 6) is -0.996. The van der Waals surface area contributed by atoms with Gasteiger partial charge < -0.3 is 5.11 Å². The normalized spacial score (nSPS) is 13.8. The summed E-state index contributed by atoms with van der Waals surface area (Å²) in [4.78, 5) is 11.6. The quantitative estimate of drug-likeness (QED) is 0.778. The van der Waals surface area contributed by atoms with Crippen LogP contribution in [0.2, 0.25) is 0 Å². The predicted molar refractivity (Wildman–Crippen MR) is 77.7 cm³/mol. The van der Waals surface area contributed by atoms with Crippen LogP contribution in [0.5, 0.6) is 0 Å². The Bertz CT molecular complexity index is 542. The van der Waals surface area contributed by atoms with E-state index in [9.17, 15) is 9.90 Å². The SMILES string of the molecule is CCCC(C(=O)O)C(CCc1ccccc1)c1nn[nH]n1. The smallest absolute Gasteiger partial charge is 0.307 e. The average molecular weight is 288 g/mol. The van der Waals surface area contributed by atoms with Gasteiger partial charge in [0.1, 0.15) is 0 Å². The van der Waals surface area contributed by atoms with Crippen LogP contribution >= 0.6 is 0 Å². The second kappa shape index (κ2) is 7.52. The van der Waals surface area contributed by atoms with Gasteiger partial charge in [0.15, 0.2) is 5.82 Å². The lowest BCUT2D eigenvalue weighted by atomic mass is 9.84. The minimum Gasteiger partial charge on any atom is -0.481 e. The van der Waals surface area contributed by atoms with E-state index in [1.807, 2.05) is 37.3 Å². The molecule has 21 heavy (non-hydrogen) atoms. The third-order valence-electron chi connectivity index (χ3n) is 3.68. The van der Waals surface area contributed by atoms with E-state index >= 15 is 0 Å². The first-order valence-corrected chi connectivity index (χ1v) is 7.22. The summed E-state index contributed by atoms with van der Waals surface area (Å²) in [5, 5.41) is 23.5. The van der Waals surface area contributed by atoms with Crippen LogP contribution < -0.4 is 0 Å². The van der Waals surface area contributed by atoms with Crippen LogP contribution in [0.15, 0.2) is 30.3 Å². The number of nitrogens with zero attached hydrogens (tertiary/aromatic N) is 3. The van der Waals surface area contributed by atoms with E-state index in [0.29, 0.717) is 18.7 Å². The number of carboxylic acid groups (broad SMARTS) is 1. The van der Waals surface area contributed by atoms with Gasteiger partial charge >= 0.3 is 5.97 Å². The summed E-state index contributed by atoms with van der Waals surface area (Å²) >= 11 is 0.